The van der Waals surface area contributed by atoms with Crippen LogP contribution in [0.3, 0.4) is 0 Å². The molecule has 0 aliphatic heterocycles. The molecule has 1 heterocycles. The molecule has 27 heavy (non-hydrogen) atoms. The largest absolute Gasteiger partial charge is 0.497 e. The van der Waals surface area contributed by atoms with E-state index in [1.807, 2.05) is 24.3 Å². The zero-order chi connectivity index (χ0) is 19.3. The molecule has 2 rings (SSSR count). The highest BCUT2D eigenvalue weighted by Crippen LogP contribution is 2.16. The van der Waals surface area contributed by atoms with Gasteiger partial charge in [-0.15, -0.1) is 0 Å². The number of aromatic nitrogens is 1. The molecule has 1 N–H and O–H groups in total. The van der Waals surface area contributed by atoms with Gasteiger partial charge in [0, 0.05) is 12.8 Å². The lowest BCUT2D eigenvalue weighted by molar-refractivity contribution is 0.172. The first-order valence-electron chi connectivity index (χ1n) is 8.19. The monoisotopic (exact) mass is 368 g/mol. The van der Waals surface area contributed by atoms with Crippen LogP contribution in [0.5, 0.6) is 11.5 Å². The fourth-order valence-corrected chi connectivity index (χ4v) is 1.91. The zero-order valence-corrected chi connectivity index (χ0v) is 15.2. The van der Waals surface area contributed by atoms with E-state index < -0.39 is 6.09 Å². The van der Waals surface area contributed by atoms with Gasteiger partial charge in [-0.25, -0.2) is 9.78 Å². The van der Waals surface area contributed by atoms with Crippen molar-refractivity contribution in [3.8, 4) is 35.2 Å². The molecule has 2 aromatic rings. The van der Waals surface area contributed by atoms with Gasteiger partial charge in [-0.2, -0.15) is 0 Å². The van der Waals surface area contributed by atoms with Gasteiger partial charge >= 0.3 is 6.09 Å². The number of nitrogens with one attached hydrogen (secondary N) is 1. The molecule has 0 aliphatic carbocycles. The predicted octanol–water partition coefficient (Wildman–Crippen LogP) is 2.41. The SMILES string of the molecule is COC(=O)NCC#Cc1nc(CCC#CCOc2ccc(OC)cc2)co1. The van der Waals surface area contributed by atoms with Crippen LogP contribution >= 0.6 is 0 Å². The fourth-order valence-electron chi connectivity index (χ4n) is 1.91. The first-order chi connectivity index (χ1) is 13.2. The van der Waals surface area contributed by atoms with Gasteiger partial charge in [0.15, 0.2) is 0 Å². The van der Waals surface area contributed by atoms with E-state index in [1.54, 1.807) is 13.4 Å². The quantitative estimate of drug-likeness (QED) is 0.789. The first kappa shape index (κ1) is 19.7. The van der Waals surface area contributed by atoms with Crippen molar-refractivity contribution in [2.45, 2.75) is 12.8 Å². The number of oxazole rings is 1. The van der Waals surface area contributed by atoms with Crippen molar-refractivity contribution in [3.63, 3.8) is 0 Å². The lowest BCUT2D eigenvalue weighted by atomic mass is 10.2. The molecule has 1 amide bonds. The van der Waals surface area contributed by atoms with Gasteiger partial charge in [0.05, 0.1) is 26.5 Å². The van der Waals surface area contributed by atoms with Crippen LogP contribution in [0.1, 0.15) is 18.0 Å². The van der Waals surface area contributed by atoms with Crippen LogP contribution in [0, 0.1) is 23.7 Å². The van der Waals surface area contributed by atoms with E-state index in [0.717, 1.165) is 17.2 Å². The maximum atomic E-state index is 10.9. The van der Waals surface area contributed by atoms with E-state index >= 15 is 0 Å². The van der Waals surface area contributed by atoms with Crippen molar-refractivity contribution in [1.82, 2.24) is 10.3 Å². The lowest BCUT2D eigenvalue weighted by Crippen LogP contribution is -2.22. The first-order valence-corrected chi connectivity index (χ1v) is 8.19. The Morgan fingerprint density at radius 2 is 1.93 bits per heavy atom. The highest BCUT2D eigenvalue weighted by atomic mass is 16.5. The smallest absolute Gasteiger partial charge is 0.407 e. The lowest BCUT2D eigenvalue weighted by Gasteiger charge is -2.03. The number of ether oxygens (including phenoxy) is 3. The molecule has 1 aromatic carbocycles. The molecule has 7 heteroatoms. The number of hydrogen-bond acceptors (Lipinski definition) is 6. The number of hydrogen-bond donors (Lipinski definition) is 1. The standard InChI is InChI=1S/C20H20N2O5/c1-24-17-9-11-18(12-10-17)26-14-5-3-4-7-16-15-27-19(22-16)8-6-13-21-20(23)25-2/h9-12,15H,4,7,13-14H2,1-2H3,(H,21,23). The highest BCUT2D eigenvalue weighted by Gasteiger charge is 2.00. The molecule has 0 bridgehead atoms. The van der Waals surface area contributed by atoms with Crippen LogP contribution in [0.2, 0.25) is 0 Å². The topological polar surface area (TPSA) is 82.8 Å². The van der Waals surface area contributed by atoms with Crippen molar-refractivity contribution < 1.29 is 23.4 Å². The molecule has 0 spiro atoms. The number of benzene rings is 1. The van der Waals surface area contributed by atoms with Gasteiger partial charge in [-0.3, -0.25) is 0 Å². The highest BCUT2D eigenvalue weighted by molar-refractivity contribution is 5.67. The molecule has 0 radical (unpaired) electrons. The second kappa shape index (κ2) is 11.1. The average molecular weight is 368 g/mol. The average Bonchev–Trinajstić information content (AvgIpc) is 3.15. The van der Waals surface area contributed by atoms with E-state index in [4.69, 9.17) is 13.9 Å². The van der Waals surface area contributed by atoms with E-state index in [1.165, 1.54) is 7.11 Å². The Hall–Kier alpha value is -3.58. The van der Waals surface area contributed by atoms with E-state index in [9.17, 15) is 4.79 Å². The summed E-state index contributed by atoms with van der Waals surface area (Å²) in [6.07, 6.45) is 2.30. The number of nitrogens with zero attached hydrogens (tertiary/aromatic N) is 1. The minimum atomic E-state index is -0.535. The third-order valence-corrected chi connectivity index (χ3v) is 3.26. The Labute approximate surface area is 158 Å². The molecule has 7 nitrogen and oxygen atoms in total. The Morgan fingerprint density at radius 3 is 2.67 bits per heavy atom. The molecular weight excluding hydrogens is 348 g/mol. The minimum absolute atomic E-state index is 0.157. The summed E-state index contributed by atoms with van der Waals surface area (Å²) in [7, 11) is 2.91. The molecular formula is C20H20N2O5. The Morgan fingerprint density at radius 1 is 1.15 bits per heavy atom. The van der Waals surface area contributed by atoms with Crippen LogP contribution in [0.15, 0.2) is 34.9 Å². The molecule has 0 aliphatic rings. The van der Waals surface area contributed by atoms with Crippen molar-refractivity contribution in [2.24, 2.45) is 0 Å². The maximum Gasteiger partial charge on any atom is 0.407 e. The molecule has 0 unspecified atom stereocenters. The van der Waals surface area contributed by atoms with E-state index in [0.29, 0.717) is 25.3 Å². The van der Waals surface area contributed by atoms with Crippen molar-refractivity contribution in [3.05, 3.63) is 42.1 Å². The second-order valence-electron chi connectivity index (χ2n) is 5.11. The van der Waals surface area contributed by atoms with E-state index in [2.05, 4.69) is 38.7 Å². The molecule has 1 aromatic heterocycles. The molecule has 140 valence electrons. The van der Waals surface area contributed by atoms with Crippen molar-refractivity contribution >= 4 is 6.09 Å². The van der Waals surface area contributed by atoms with Gasteiger partial charge in [0.1, 0.15) is 24.4 Å². The van der Waals surface area contributed by atoms with Gasteiger partial charge in [-0.05, 0) is 30.2 Å². The van der Waals surface area contributed by atoms with E-state index in [-0.39, 0.29) is 6.54 Å². The number of amides is 1. The maximum absolute atomic E-state index is 10.9. The molecule has 0 saturated carbocycles. The minimum Gasteiger partial charge on any atom is -0.497 e. The summed E-state index contributed by atoms with van der Waals surface area (Å²) < 4.78 is 20.3. The van der Waals surface area contributed by atoms with Gasteiger partial charge in [-0.1, -0.05) is 17.8 Å². The summed E-state index contributed by atoms with van der Waals surface area (Å²) in [5.41, 5.74) is 0.769. The summed E-state index contributed by atoms with van der Waals surface area (Å²) in [6, 6.07) is 7.33. The molecule has 0 atom stereocenters. The fraction of sp³-hybridized carbons (Fsp3) is 0.300. The predicted molar refractivity (Wildman–Crippen MR) is 98.4 cm³/mol. The second-order valence-corrected chi connectivity index (χ2v) is 5.11. The van der Waals surface area contributed by atoms with Gasteiger partial charge in [0.2, 0.25) is 0 Å². The third-order valence-electron chi connectivity index (χ3n) is 3.26. The Kier molecular flexibility index (Phi) is 8.13. The van der Waals surface area contributed by atoms with Crippen LogP contribution in [-0.4, -0.2) is 38.4 Å². The summed E-state index contributed by atoms with van der Waals surface area (Å²) in [6.45, 7) is 0.471. The summed E-state index contributed by atoms with van der Waals surface area (Å²) >= 11 is 0. The number of methoxy groups -OCH3 is 2. The molecule has 0 fully saturated rings. The Bertz CT molecular complexity index is 850. The Balaban J connectivity index is 1.67. The number of alkyl carbamates (subject to hydrolysis) is 1. The normalized spacial score (nSPS) is 9.26. The number of carbonyl (C=O) groups excluding carboxylic acids is 1. The number of rotatable bonds is 6. The van der Waals surface area contributed by atoms with Crippen molar-refractivity contribution in [1.29, 1.82) is 0 Å². The van der Waals surface area contributed by atoms with Gasteiger partial charge < -0.3 is 23.9 Å². The van der Waals surface area contributed by atoms with Crippen LogP contribution in [0.25, 0.3) is 0 Å². The number of aryl methyl sites for hydroxylation is 1. The van der Waals surface area contributed by atoms with Crippen LogP contribution in [-0.2, 0) is 11.2 Å². The van der Waals surface area contributed by atoms with Crippen LogP contribution < -0.4 is 14.8 Å². The zero-order valence-electron chi connectivity index (χ0n) is 15.2. The van der Waals surface area contributed by atoms with Gasteiger partial charge in [0.25, 0.3) is 5.89 Å². The number of carbonyl (C=O) groups is 1. The van der Waals surface area contributed by atoms with Crippen LogP contribution in [0.4, 0.5) is 4.79 Å². The summed E-state index contributed by atoms with van der Waals surface area (Å²) in [4.78, 5) is 15.1. The summed E-state index contributed by atoms with van der Waals surface area (Å²) in [5.74, 6) is 13.2. The third kappa shape index (κ3) is 7.45. The molecule has 0 saturated heterocycles. The van der Waals surface area contributed by atoms with Crippen molar-refractivity contribution in [2.75, 3.05) is 27.4 Å². The summed E-state index contributed by atoms with van der Waals surface area (Å²) in [5, 5.41) is 2.44.